The predicted octanol–water partition coefficient (Wildman–Crippen LogP) is 2.60. The van der Waals surface area contributed by atoms with Crippen molar-refractivity contribution in [3.05, 3.63) is 24.5 Å². The van der Waals surface area contributed by atoms with E-state index in [9.17, 15) is 4.79 Å². The average Bonchev–Trinajstić information content (AvgIpc) is 3.36. The Bertz CT molecular complexity index is 677. The molecule has 128 valence electrons. The number of piperidine rings is 1. The van der Waals surface area contributed by atoms with Crippen molar-refractivity contribution in [2.24, 2.45) is 5.92 Å². The fourth-order valence-corrected chi connectivity index (χ4v) is 4.50. The van der Waals surface area contributed by atoms with Crippen molar-refractivity contribution in [2.45, 2.75) is 44.6 Å². The van der Waals surface area contributed by atoms with E-state index in [4.69, 9.17) is 0 Å². The van der Waals surface area contributed by atoms with E-state index in [2.05, 4.69) is 20.4 Å². The second-order valence-corrected chi connectivity index (χ2v) is 7.67. The monoisotopic (exact) mass is 345 g/mol. The van der Waals surface area contributed by atoms with Gasteiger partial charge in [-0.15, -0.1) is 10.2 Å². The van der Waals surface area contributed by atoms with Gasteiger partial charge in [-0.2, -0.15) is 0 Å². The molecule has 0 bridgehead atoms. The topological polar surface area (TPSA) is 63.1 Å². The molecule has 1 saturated carbocycles. The molecule has 2 aromatic heterocycles. The zero-order chi connectivity index (χ0) is 16.4. The third-order valence-electron chi connectivity index (χ3n) is 4.99. The molecule has 2 fully saturated rings. The van der Waals surface area contributed by atoms with Gasteiger partial charge in [0.15, 0.2) is 0 Å². The number of nitrogens with zero attached hydrogens (tertiary/aromatic N) is 4. The van der Waals surface area contributed by atoms with Gasteiger partial charge in [-0.1, -0.05) is 24.2 Å². The molecule has 24 heavy (non-hydrogen) atoms. The molecular weight excluding hydrogens is 322 g/mol. The van der Waals surface area contributed by atoms with Crippen LogP contribution in [0.1, 0.15) is 38.5 Å². The summed E-state index contributed by atoms with van der Waals surface area (Å²) in [4.78, 5) is 14.8. The van der Waals surface area contributed by atoms with E-state index >= 15 is 0 Å². The summed E-state index contributed by atoms with van der Waals surface area (Å²) in [6.07, 6.45) is 10.7. The van der Waals surface area contributed by atoms with Crippen molar-refractivity contribution < 1.29 is 4.79 Å². The molecule has 2 aliphatic rings. The summed E-state index contributed by atoms with van der Waals surface area (Å²) in [6.45, 7) is 1.70. The van der Waals surface area contributed by atoms with E-state index in [1.165, 1.54) is 12.8 Å². The largest absolute Gasteiger partial charge is 0.353 e. The standard InChI is InChI=1S/C17H23N5OS/c23-15(18-14-7-1-2-8-14)13-6-5-11-22(12-13)17-20-19-16(24-17)21-9-3-4-10-21/h3-4,9-10,13-14H,1-2,5-8,11-12H2,(H,18,23)/t13-/m1/s1. The molecule has 6 nitrogen and oxygen atoms in total. The smallest absolute Gasteiger partial charge is 0.225 e. The van der Waals surface area contributed by atoms with E-state index in [1.807, 2.05) is 29.1 Å². The molecule has 0 unspecified atom stereocenters. The van der Waals surface area contributed by atoms with E-state index in [0.29, 0.717) is 6.04 Å². The molecule has 2 aromatic rings. The van der Waals surface area contributed by atoms with Crippen molar-refractivity contribution in [1.29, 1.82) is 0 Å². The number of hydrogen-bond donors (Lipinski definition) is 1. The molecule has 7 heteroatoms. The number of rotatable bonds is 4. The third kappa shape index (κ3) is 3.31. The molecule has 0 aromatic carbocycles. The van der Waals surface area contributed by atoms with E-state index in [1.54, 1.807) is 11.3 Å². The lowest BCUT2D eigenvalue weighted by Crippen LogP contribution is -2.45. The highest BCUT2D eigenvalue weighted by molar-refractivity contribution is 7.17. The summed E-state index contributed by atoms with van der Waals surface area (Å²) in [6, 6.07) is 4.35. The van der Waals surface area contributed by atoms with E-state index in [-0.39, 0.29) is 11.8 Å². The number of carbonyl (C=O) groups is 1. The predicted molar refractivity (Wildman–Crippen MR) is 94.6 cm³/mol. The van der Waals surface area contributed by atoms with Crippen molar-refractivity contribution in [3.8, 4) is 5.13 Å². The fraction of sp³-hybridized carbons (Fsp3) is 0.588. The summed E-state index contributed by atoms with van der Waals surface area (Å²) in [5.74, 6) is 0.292. The maximum atomic E-state index is 12.5. The quantitative estimate of drug-likeness (QED) is 0.925. The first kappa shape index (κ1) is 15.6. The highest BCUT2D eigenvalue weighted by Gasteiger charge is 2.29. The minimum Gasteiger partial charge on any atom is -0.353 e. The lowest BCUT2D eigenvalue weighted by Gasteiger charge is -2.32. The lowest BCUT2D eigenvalue weighted by molar-refractivity contribution is -0.125. The van der Waals surface area contributed by atoms with Gasteiger partial charge in [-0.3, -0.25) is 9.36 Å². The summed E-state index contributed by atoms with van der Waals surface area (Å²) in [5.41, 5.74) is 0. The van der Waals surface area contributed by atoms with Gasteiger partial charge in [0.2, 0.25) is 16.2 Å². The van der Waals surface area contributed by atoms with Crippen LogP contribution in [0.25, 0.3) is 5.13 Å². The van der Waals surface area contributed by atoms with Crippen molar-refractivity contribution >= 4 is 22.4 Å². The summed E-state index contributed by atoms with van der Waals surface area (Å²) < 4.78 is 1.97. The Hall–Kier alpha value is -1.89. The first-order chi connectivity index (χ1) is 11.8. The van der Waals surface area contributed by atoms with Crippen LogP contribution >= 0.6 is 11.3 Å². The van der Waals surface area contributed by atoms with Crippen LogP contribution in [-0.2, 0) is 4.79 Å². The zero-order valence-electron chi connectivity index (χ0n) is 13.7. The SMILES string of the molecule is O=C(NC1CCCC1)[C@@H]1CCCN(c2nnc(-n3cccc3)s2)C1. The van der Waals surface area contributed by atoms with Crippen molar-refractivity contribution in [3.63, 3.8) is 0 Å². The maximum absolute atomic E-state index is 12.5. The lowest BCUT2D eigenvalue weighted by atomic mass is 9.97. The highest BCUT2D eigenvalue weighted by Crippen LogP contribution is 2.28. The first-order valence-corrected chi connectivity index (χ1v) is 9.63. The van der Waals surface area contributed by atoms with Gasteiger partial charge in [-0.05, 0) is 37.8 Å². The van der Waals surface area contributed by atoms with Gasteiger partial charge >= 0.3 is 0 Å². The molecule has 1 saturated heterocycles. The van der Waals surface area contributed by atoms with Crippen LogP contribution in [0.3, 0.4) is 0 Å². The maximum Gasteiger partial charge on any atom is 0.225 e. The number of hydrogen-bond acceptors (Lipinski definition) is 5. The number of aromatic nitrogens is 3. The van der Waals surface area contributed by atoms with Gasteiger partial charge in [0.05, 0.1) is 5.92 Å². The highest BCUT2D eigenvalue weighted by atomic mass is 32.1. The molecule has 1 atom stereocenters. The number of anilines is 1. The molecule has 1 aliphatic heterocycles. The van der Waals surface area contributed by atoms with Gasteiger partial charge in [0.25, 0.3) is 0 Å². The summed E-state index contributed by atoms with van der Waals surface area (Å²) in [5, 5.41) is 13.6. The van der Waals surface area contributed by atoms with Gasteiger partial charge in [-0.25, -0.2) is 0 Å². The van der Waals surface area contributed by atoms with Crippen molar-refractivity contribution in [2.75, 3.05) is 18.0 Å². The van der Waals surface area contributed by atoms with Crippen molar-refractivity contribution in [1.82, 2.24) is 20.1 Å². The molecular formula is C17H23N5OS. The molecule has 0 spiro atoms. The number of nitrogens with one attached hydrogen (secondary N) is 1. The molecule has 1 N–H and O–H groups in total. The first-order valence-electron chi connectivity index (χ1n) is 8.82. The average molecular weight is 345 g/mol. The molecule has 0 radical (unpaired) electrons. The molecule has 1 aliphatic carbocycles. The Morgan fingerprint density at radius 2 is 1.83 bits per heavy atom. The Labute approximate surface area is 145 Å². The fourth-order valence-electron chi connectivity index (χ4n) is 3.66. The van der Waals surface area contributed by atoms with E-state index < -0.39 is 0 Å². The van der Waals surface area contributed by atoms with Crippen LogP contribution in [0.5, 0.6) is 0 Å². The summed E-state index contributed by atoms with van der Waals surface area (Å²) >= 11 is 1.58. The number of amides is 1. The van der Waals surface area contributed by atoms with E-state index in [0.717, 1.165) is 49.0 Å². The van der Waals surface area contributed by atoms with Crippen LogP contribution < -0.4 is 10.2 Å². The second kappa shape index (κ2) is 6.93. The molecule has 3 heterocycles. The zero-order valence-corrected chi connectivity index (χ0v) is 14.5. The van der Waals surface area contributed by atoms with Crippen LogP contribution in [0, 0.1) is 5.92 Å². The van der Waals surface area contributed by atoms with Crippen LogP contribution in [-0.4, -0.2) is 39.8 Å². The van der Waals surface area contributed by atoms with Crippen LogP contribution in [0.15, 0.2) is 24.5 Å². The van der Waals surface area contributed by atoms with Crippen LogP contribution in [0.2, 0.25) is 0 Å². The van der Waals surface area contributed by atoms with Gasteiger partial charge in [0, 0.05) is 31.5 Å². The normalized spacial score (nSPS) is 22.0. The summed E-state index contributed by atoms with van der Waals surface area (Å²) in [7, 11) is 0. The van der Waals surface area contributed by atoms with Gasteiger partial charge in [0.1, 0.15) is 0 Å². The third-order valence-corrected chi connectivity index (χ3v) is 5.99. The minimum atomic E-state index is 0.0679. The second-order valence-electron chi connectivity index (χ2n) is 6.73. The molecule has 4 rings (SSSR count). The van der Waals surface area contributed by atoms with Crippen LogP contribution in [0.4, 0.5) is 5.13 Å². The Balaban J connectivity index is 1.40. The van der Waals surface area contributed by atoms with Gasteiger partial charge < -0.3 is 10.2 Å². The minimum absolute atomic E-state index is 0.0679. The Morgan fingerprint density at radius 1 is 1.08 bits per heavy atom. The molecule has 1 amide bonds. The Kier molecular flexibility index (Phi) is 4.51. The Morgan fingerprint density at radius 3 is 2.62 bits per heavy atom. The number of carbonyl (C=O) groups excluding carboxylic acids is 1.